The van der Waals surface area contributed by atoms with Crippen LogP contribution in [-0.2, 0) is 21.2 Å². The Morgan fingerprint density at radius 1 is 0.875 bits per heavy atom. The second-order valence-corrected chi connectivity index (χ2v) is 11.6. The first-order valence-electron chi connectivity index (χ1n) is 12.4. The fourth-order valence-electron chi connectivity index (χ4n) is 4.02. The standard InChI is InChI=1S/C30H27ClFN3O4S/c1-2-40(38,39)28-11-7-6-10-25(28)22-12-17-27(26(32)18-22)34-29(36)20-35(19-21-8-4-3-5-9-21)30(37)33-24-15-13-23(31)14-16-24/h3-18H,2,19-20H2,1H3,(H,33,37)(H,34,36). The fraction of sp³-hybridized carbons (Fsp3) is 0.133. The molecule has 4 aromatic carbocycles. The minimum atomic E-state index is -3.53. The fourth-order valence-corrected chi connectivity index (χ4v) is 5.26. The van der Waals surface area contributed by atoms with E-state index >= 15 is 4.39 Å². The van der Waals surface area contributed by atoms with Gasteiger partial charge in [0.2, 0.25) is 5.91 Å². The second-order valence-electron chi connectivity index (χ2n) is 8.92. The maximum Gasteiger partial charge on any atom is 0.322 e. The summed E-state index contributed by atoms with van der Waals surface area (Å²) in [5, 5.41) is 5.77. The average molecular weight is 580 g/mol. The monoisotopic (exact) mass is 579 g/mol. The Hall–Kier alpha value is -4.21. The van der Waals surface area contributed by atoms with Gasteiger partial charge in [0, 0.05) is 22.8 Å². The van der Waals surface area contributed by atoms with Crippen LogP contribution in [0.5, 0.6) is 0 Å². The number of nitrogens with one attached hydrogen (secondary N) is 2. The second kappa shape index (κ2) is 12.8. The molecular formula is C30H27ClFN3O4S. The molecule has 0 saturated heterocycles. The smallest absolute Gasteiger partial charge is 0.322 e. The molecule has 0 aliphatic rings. The van der Waals surface area contributed by atoms with Gasteiger partial charge in [0.05, 0.1) is 16.3 Å². The first-order chi connectivity index (χ1) is 19.2. The summed E-state index contributed by atoms with van der Waals surface area (Å²) >= 11 is 5.92. The number of halogens is 2. The normalized spacial score (nSPS) is 11.1. The summed E-state index contributed by atoms with van der Waals surface area (Å²) in [6.07, 6.45) is 0. The third-order valence-corrected chi connectivity index (χ3v) is 8.13. The van der Waals surface area contributed by atoms with E-state index in [1.807, 2.05) is 30.3 Å². The average Bonchev–Trinajstić information content (AvgIpc) is 2.95. The molecule has 0 unspecified atom stereocenters. The number of hydrogen-bond donors (Lipinski definition) is 2. The summed E-state index contributed by atoms with van der Waals surface area (Å²) in [5.41, 5.74) is 1.94. The molecule has 4 aromatic rings. The molecule has 10 heteroatoms. The molecule has 0 spiro atoms. The van der Waals surface area contributed by atoms with Crippen molar-refractivity contribution in [2.24, 2.45) is 0 Å². The van der Waals surface area contributed by atoms with E-state index in [9.17, 15) is 18.0 Å². The number of anilines is 2. The Bertz CT molecular complexity index is 1610. The number of sulfone groups is 1. The molecule has 0 saturated carbocycles. The van der Waals surface area contributed by atoms with Crippen molar-refractivity contribution >= 4 is 44.8 Å². The maximum absolute atomic E-state index is 15.1. The van der Waals surface area contributed by atoms with E-state index in [2.05, 4.69) is 10.6 Å². The van der Waals surface area contributed by atoms with Crippen LogP contribution < -0.4 is 10.6 Å². The minimum absolute atomic E-state index is 0.0916. The number of carbonyl (C=O) groups excluding carboxylic acids is 2. The Kier molecular flexibility index (Phi) is 9.19. The van der Waals surface area contributed by atoms with Crippen molar-refractivity contribution < 1.29 is 22.4 Å². The van der Waals surface area contributed by atoms with Crippen LogP contribution in [0.15, 0.2) is 102 Å². The van der Waals surface area contributed by atoms with Crippen molar-refractivity contribution in [1.82, 2.24) is 4.90 Å². The number of benzene rings is 4. The van der Waals surface area contributed by atoms with Gasteiger partial charge in [-0.3, -0.25) is 4.79 Å². The molecule has 0 heterocycles. The molecular weight excluding hydrogens is 553 g/mol. The predicted molar refractivity (Wildman–Crippen MR) is 156 cm³/mol. The first kappa shape index (κ1) is 28.8. The predicted octanol–water partition coefficient (Wildman–Crippen LogP) is 6.61. The van der Waals surface area contributed by atoms with Gasteiger partial charge in [-0.1, -0.05) is 73.1 Å². The van der Waals surface area contributed by atoms with Gasteiger partial charge in [0.25, 0.3) is 0 Å². The highest BCUT2D eigenvalue weighted by Gasteiger charge is 2.21. The molecule has 4 rings (SSSR count). The van der Waals surface area contributed by atoms with Gasteiger partial charge in [0.15, 0.2) is 9.84 Å². The summed E-state index contributed by atoms with van der Waals surface area (Å²) in [7, 11) is -3.53. The van der Waals surface area contributed by atoms with Crippen molar-refractivity contribution in [2.75, 3.05) is 22.9 Å². The first-order valence-corrected chi connectivity index (χ1v) is 14.5. The number of rotatable bonds is 9. The molecule has 0 radical (unpaired) electrons. The number of urea groups is 1. The Morgan fingerprint density at radius 3 is 2.23 bits per heavy atom. The molecule has 0 aliphatic heterocycles. The summed E-state index contributed by atoms with van der Waals surface area (Å²) in [6, 6.07) is 25.6. The summed E-state index contributed by atoms with van der Waals surface area (Å²) in [6.45, 7) is 1.33. The van der Waals surface area contributed by atoms with Gasteiger partial charge in [-0.05, 0) is 53.6 Å². The molecule has 0 fully saturated rings. The van der Waals surface area contributed by atoms with E-state index in [4.69, 9.17) is 11.6 Å². The van der Waals surface area contributed by atoms with Gasteiger partial charge < -0.3 is 15.5 Å². The van der Waals surface area contributed by atoms with Crippen LogP contribution in [0.1, 0.15) is 12.5 Å². The molecule has 40 heavy (non-hydrogen) atoms. The number of amides is 3. The SMILES string of the molecule is CCS(=O)(=O)c1ccccc1-c1ccc(NC(=O)CN(Cc2ccccc2)C(=O)Nc2ccc(Cl)cc2)c(F)c1. The van der Waals surface area contributed by atoms with Crippen LogP contribution in [0, 0.1) is 5.82 Å². The maximum atomic E-state index is 15.1. The van der Waals surface area contributed by atoms with Crippen LogP contribution in [-0.4, -0.2) is 37.6 Å². The lowest BCUT2D eigenvalue weighted by Crippen LogP contribution is -2.40. The highest BCUT2D eigenvalue weighted by molar-refractivity contribution is 7.91. The number of carbonyl (C=O) groups is 2. The van der Waals surface area contributed by atoms with E-state index in [0.29, 0.717) is 21.8 Å². The summed E-state index contributed by atoms with van der Waals surface area (Å²) in [5.74, 6) is -1.44. The largest absolute Gasteiger partial charge is 0.322 e. The Balaban J connectivity index is 1.52. The highest BCUT2D eigenvalue weighted by atomic mass is 35.5. The molecule has 7 nitrogen and oxygen atoms in total. The third-order valence-electron chi connectivity index (χ3n) is 6.09. The van der Waals surface area contributed by atoms with Crippen molar-refractivity contribution in [3.63, 3.8) is 0 Å². The molecule has 0 atom stereocenters. The van der Waals surface area contributed by atoms with E-state index in [0.717, 1.165) is 5.56 Å². The van der Waals surface area contributed by atoms with Gasteiger partial charge >= 0.3 is 6.03 Å². The van der Waals surface area contributed by atoms with E-state index in [1.54, 1.807) is 49.4 Å². The van der Waals surface area contributed by atoms with E-state index < -0.39 is 27.6 Å². The molecule has 3 amide bonds. The lowest BCUT2D eigenvalue weighted by molar-refractivity contribution is -0.116. The zero-order valence-corrected chi connectivity index (χ0v) is 23.2. The number of nitrogens with zero attached hydrogens (tertiary/aromatic N) is 1. The molecule has 2 N–H and O–H groups in total. The quantitative estimate of drug-likeness (QED) is 0.233. The van der Waals surface area contributed by atoms with Crippen LogP contribution in [0.4, 0.5) is 20.6 Å². The van der Waals surface area contributed by atoms with Gasteiger partial charge in [0.1, 0.15) is 12.4 Å². The summed E-state index contributed by atoms with van der Waals surface area (Å²) < 4.78 is 40.1. The molecule has 0 aromatic heterocycles. The van der Waals surface area contributed by atoms with Gasteiger partial charge in [-0.25, -0.2) is 17.6 Å². The van der Waals surface area contributed by atoms with Crippen LogP contribution in [0.25, 0.3) is 11.1 Å². The minimum Gasteiger partial charge on any atom is -0.322 e. The topological polar surface area (TPSA) is 95.6 Å². The molecule has 206 valence electrons. The lowest BCUT2D eigenvalue weighted by Gasteiger charge is -2.23. The lowest BCUT2D eigenvalue weighted by atomic mass is 10.0. The van der Waals surface area contributed by atoms with Gasteiger partial charge in [-0.2, -0.15) is 0 Å². The Morgan fingerprint density at radius 2 is 1.55 bits per heavy atom. The summed E-state index contributed by atoms with van der Waals surface area (Å²) in [4.78, 5) is 27.4. The van der Waals surface area contributed by atoms with Crippen molar-refractivity contribution in [3.8, 4) is 11.1 Å². The van der Waals surface area contributed by atoms with E-state index in [-0.39, 0.29) is 29.4 Å². The Labute approximate surface area is 237 Å². The van der Waals surface area contributed by atoms with E-state index in [1.165, 1.54) is 29.2 Å². The van der Waals surface area contributed by atoms with Crippen molar-refractivity contribution in [2.45, 2.75) is 18.4 Å². The zero-order valence-electron chi connectivity index (χ0n) is 21.6. The van der Waals surface area contributed by atoms with Gasteiger partial charge in [-0.15, -0.1) is 0 Å². The van der Waals surface area contributed by atoms with Crippen LogP contribution in [0.3, 0.4) is 0 Å². The third kappa shape index (κ3) is 7.25. The molecule has 0 aliphatic carbocycles. The van der Waals surface area contributed by atoms with Crippen molar-refractivity contribution in [3.05, 3.63) is 113 Å². The highest BCUT2D eigenvalue weighted by Crippen LogP contribution is 2.30. The molecule has 0 bridgehead atoms. The van der Waals surface area contributed by atoms with Crippen molar-refractivity contribution in [1.29, 1.82) is 0 Å². The van der Waals surface area contributed by atoms with Crippen LogP contribution in [0.2, 0.25) is 5.02 Å². The zero-order chi connectivity index (χ0) is 28.7. The number of hydrogen-bond acceptors (Lipinski definition) is 4. The van der Waals surface area contributed by atoms with Crippen LogP contribution >= 0.6 is 11.6 Å².